The molecule has 11 rings (SSSR count). The minimum Gasteiger partial charge on any atom is -0.256 e. The molecule has 0 bridgehead atoms. The fourth-order valence-corrected chi connectivity index (χ4v) is 8.29. The maximum absolute atomic E-state index is 5.53. The van der Waals surface area contributed by atoms with E-state index >= 15 is 0 Å². The molecule has 0 saturated carbocycles. The van der Waals surface area contributed by atoms with Crippen LogP contribution in [0.4, 0.5) is 0 Å². The Kier molecular flexibility index (Phi) is 6.22. The smallest absolute Gasteiger partial charge is 0.0970 e. The van der Waals surface area contributed by atoms with Crippen molar-refractivity contribution in [2.75, 3.05) is 0 Å². The summed E-state index contributed by atoms with van der Waals surface area (Å²) in [6.07, 6.45) is 5.56. The predicted octanol–water partition coefficient (Wildman–Crippen LogP) is 12.3. The molecule has 7 aromatic carbocycles. The minimum absolute atomic E-state index is 0.903. The lowest BCUT2D eigenvalue weighted by atomic mass is 9.90. The van der Waals surface area contributed by atoms with E-state index in [9.17, 15) is 0 Å². The van der Waals surface area contributed by atoms with Crippen LogP contribution >= 0.6 is 0 Å². The summed E-state index contributed by atoms with van der Waals surface area (Å²) in [6, 6.07) is 53.9. The molecule has 0 atom stereocenters. The van der Waals surface area contributed by atoms with Crippen LogP contribution in [-0.4, -0.2) is 19.9 Å². The first kappa shape index (κ1) is 28.8. The van der Waals surface area contributed by atoms with Crippen molar-refractivity contribution in [1.29, 1.82) is 0 Å². The molecule has 0 amide bonds. The Balaban J connectivity index is 1.14. The van der Waals surface area contributed by atoms with Crippen molar-refractivity contribution in [2.24, 2.45) is 0 Å². The molecule has 0 spiro atoms. The predicted molar refractivity (Wildman–Crippen MR) is 216 cm³/mol. The molecule has 52 heavy (non-hydrogen) atoms. The molecular weight excluding hydrogens is 633 g/mol. The lowest BCUT2D eigenvalue weighted by Gasteiger charge is -2.16. The summed E-state index contributed by atoms with van der Waals surface area (Å²) in [7, 11) is 0. The highest BCUT2D eigenvalue weighted by atomic mass is 14.7. The highest BCUT2D eigenvalue weighted by molar-refractivity contribution is 6.31. The highest BCUT2D eigenvalue weighted by Gasteiger charge is 2.18. The number of hydrogen-bond donors (Lipinski definition) is 0. The monoisotopic (exact) mass is 660 g/mol. The number of pyridine rings is 4. The van der Waals surface area contributed by atoms with Gasteiger partial charge in [0.15, 0.2) is 0 Å². The maximum Gasteiger partial charge on any atom is 0.0970 e. The highest BCUT2D eigenvalue weighted by Crippen LogP contribution is 2.43. The average Bonchev–Trinajstić information content (AvgIpc) is 3.22. The van der Waals surface area contributed by atoms with Crippen molar-refractivity contribution in [3.63, 3.8) is 0 Å². The van der Waals surface area contributed by atoms with E-state index in [1.54, 1.807) is 0 Å². The van der Waals surface area contributed by atoms with Crippen molar-refractivity contribution >= 4 is 75.9 Å². The quantitative estimate of drug-likeness (QED) is 0.177. The van der Waals surface area contributed by atoms with Crippen LogP contribution in [0.2, 0.25) is 0 Å². The van der Waals surface area contributed by atoms with E-state index in [1.807, 2.05) is 36.8 Å². The van der Waals surface area contributed by atoms with E-state index in [0.717, 1.165) is 82.5 Å². The van der Waals surface area contributed by atoms with Crippen LogP contribution in [0.15, 0.2) is 170 Å². The van der Waals surface area contributed by atoms with Gasteiger partial charge in [-0.3, -0.25) is 15.0 Å². The third-order valence-electron chi connectivity index (χ3n) is 10.5. The van der Waals surface area contributed by atoms with E-state index < -0.39 is 0 Å². The van der Waals surface area contributed by atoms with Crippen LogP contribution < -0.4 is 0 Å². The zero-order chi connectivity index (χ0) is 34.2. The second-order valence-electron chi connectivity index (χ2n) is 13.4. The normalized spacial score (nSPS) is 11.8. The summed E-state index contributed by atoms with van der Waals surface area (Å²) in [4.78, 5) is 20.0. The Morgan fingerprint density at radius 2 is 0.865 bits per heavy atom. The Morgan fingerprint density at radius 3 is 1.65 bits per heavy atom. The van der Waals surface area contributed by atoms with Gasteiger partial charge in [0.1, 0.15) is 0 Å². The Morgan fingerprint density at radius 1 is 0.308 bits per heavy atom. The van der Waals surface area contributed by atoms with Gasteiger partial charge in [-0.25, -0.2) is 4.98 Å². The number of benzene rings is 7. The molecule has 0 saturated heterocycles. The molecule has 240 valence electrons. The van der Waals surface area contributed by atoms with Crippen LogP contribution in [-0.2, 0) is 0 Å². The van der Waals surface area contributed by atoms with Crippen molar-refractivity contribution in [3.05, 3.63) is 170 Å². The largest absolute Gasteiger partial charge is 0.256 e. The summed E-state index contributed by atoms with van der Waals surface area (Å²) >= 11 is 0. The molecule has 4 aromatic heterocycles. The number of rotatable bonds is 3. The SMILES string of the molecule is c1cc(-c2nc3c4ccccc4c4ccccc4c3c3ccccc23)cc(-c2ccc(-c3cc4cccnc4c4ncccc34)c3cccnc23)c1. The van der Waals surface area contributed by atoms with Gasteiger partial charge in [0.05, 0.1) is 27.8 Å². The molecule has 0 aliphatic heterocycles. The molecule has 4 heterocycles. The molecule has 0 N–H and O–H groups in total. The zero-order valence-corrected chi connectivity index (χ0v) is 28.0. The van der Waals surface area contributed by atoms with Crippen molar-refractivity contribution in [1.82, 2.24) is 19.9 Å². The molecule has 0 radical (unpaired) electrons. The van der Waals surface area contributed by atoms with Gasteiger partial charge in [-0.15, -0.1) is 0 Å². The van der Waals surface area contributed by atoms with Gasteiger partial charge < -0.3 is 0 Å². The average molecular weight is 661 g/mol. The zero-order valence-electron chi connectivity index (χ0n) is 28.0. The Labute approximate surface area is 298 Å². The Hall–Kier alpha value is -7.04. The van der Waals surface area contributed by atoms with Crippen LogP contribution in [0.3, 0.4) is 0 Å². The third-order valence-corrected chi connectivity index (χ3v) is 10.5. The summed E-state index contributed by atoms with van der Waals surface area (Å²) < 4.78 is 0. The molecule has 0 aliphatic carbocycles. The number of aromatic nitrogens is 4. The number of hydrogen-bond acceptors (Lipinski definition) is 4. The first-order valence-corrected chi connectivity index (χ1v) is 17.6. The number of fused-ring (bicyclic) bond motifs is 12. The lowest BCUT2D eigenvalue weighted by molar-refractivity contribution is 1.37. The maximum atomic E-state index is 5.53. The molecule has 4 heteroatoms. The van der Waals surface area contributed by atoms with Gasteiger partial charge in [0.25, 0.3) is 0 Å². The lowest BCUT2D eigenvalue weighted by Crippen LogP contribution is -1.94. The van der Waals surface area contributed by atoms with E-state index in [2.05, 4.69) is 138 Å². The van der Waals surface area contributed by atoms with Gasteiger partial charge >= 0.3 is 0 Å². The standard InChI is InChI=1S/C48H28N4/c1-3-16-36-33(14-1)34-15-2-5-18-39(34)47-43(36)37-17-4-6-19-40(37)44(52-47)30-12-7-11-29(27-30)32-22-23-35(38-20-9-25-50-46(32)38)42-28-31-13-8-24-49-45(31)48-41(42)21-10-26-51-48/h1-28H. The van der Waals surface area contributed by atoms with Gasteiger partial charge in [-0.2, -0.15) is 0 Å². The Bertz CT molecular complexity index is 3260. The molecule has 4 nitrogen and oxygen atoms in total. The topological polar surface area (TPSA) is 51.6 Å². The molecule has 0 unspecified atom stereocenters. The van der Waals surface area contributed by atoms with Crippen LogP contribution in [0, 0.1) is 0 Å². The summed E-state index contributed by atoms with van der Waals surface area (Å²) in [5, 5.41) is 11.6. The summed E-state index contributed by atoms with van der Waals surface area (Å²) in [6.45, 7) is 0. The van der Waals surface area contributed by atoms with Crippen molar-refractivity contribution < 1.29 is 0 Å². The van der Waals surface area contributed by atoms with Crippen molar-refractivity contribution in [3.8, 4) is 33.5 Å². The van der Waals surface area contributed by atoms with E-state index in [0.29, 0.717) is 0 Å². The van der Waals surface area contributed by atoms with Gasteiger partial charge in [-0.05, 0) is 68.6 Å². The molecule has 0 aliphatic rings. The number of nitrogens with zero attached hydrogens (tertiary/aromatic N) is 4. The van der Waals surface area contributed by atoms with Gasteiger partial charge in [-0.1, -0.05) is 121 Å². The fraction of sp³-hybridized carbons (Fsp3) is 0. The van der Waals surface area contributed by atoms with E-state index in [1.165, 1.54) is 26.9 Å². The van der Waals surface area contributed by atoms with Gasteiger partial charge in [0, 0.05) is 62.0 Å². The first-order chi connectivity index (χ1) is 25.8. The van der Waals surface area contributed by atoms with Crippen LogP contribution in [0.5, 0.6) is 0 Å². The second-order valence-corrected chi connectivity index (χ2v) is 13.4. The van der Waals surface area contributed by atoms with Crippen LogP contribution in [0.25, 0.3) is 109 Å². The van der Waals surface area contributed by atoms with Gasteiger partial charge in [0.2, 0.25) is 0 Å². The molecule has 11 aromatic rings. The van der Waals surface area contributed by atoms with E-state index in [4.69, 9.17) is 15.0 Å². The van der Waals surface area contributed by atoms with Crippen LogP contribution in [0.1, 0.15) is 0 Å². The fourth-order valence-electron chi connectivity index (χ4n) is 8.29. The molecular formula is C48H28N4. The van der Waals surface area contributed by atoms with E-state index in [-0.39, 0.29) is 0 Å². The minimum atomic E-state index is 0.903. The summed E-state index contributed by atoms with van der Waals surface area (Å²) in [5.74, 6) is 0. The summed E-state index contributed by atoms with van der Waals surface area (Å²) in [5.41, 5.74) is 10.2. The first-order valence-electron chi connectivity index (χ1n) is 17.6. The molecule has 0 fully saturated rings. The second kappa shape index (κ2) is 11.2. The third kappa shape index (κ3) is 4.21. The van der Waals surface area contributed by atoms with Crippen molar-refractivity contribution in [2.45, 2.75) is 0 Å².